The van der Waals surface area contributed by atoms with E-state index in [2.05, 4.69) is 5.32 Å². The Kier molecular flexibility index (Phi) is 4.13. The zero-order chi connectivity index (χ0) is 17.8. The number of nitrogens with one attached hydrogen (secondary N) is 1. The second kappa shape index (κ2) is 5.96. The number of rotatable bonds is 4. The van der Waals surface area contributed by atoms with Crippen LogP contribution in [-0.2, 0) is 10.0 Å². The molecule has 0 atom stereocenters. The molecule has 7 heteroatoms. The Labute approximate surface area is 153 Å². The van der Waals surface area contributed by atoms with Crippen LogP contribution in [0.2, 0.25) is 5.02 Å². The van der Waals surface area contributed by atoms with Gasteiger partial charge in [0.15, 0.2) is 0 Å². The fourth-order valence-electron chi connectivity index (χ4n) is 5.74. The minimum absolute atomic E-state index is 0.0279. The first-order valence-electron chi connectivity index (χ1n) is 8.85. The Hall–Kier alpha value is -1.11. The molecule has 4 aliphatic carbocycles. The van der Waals surface area contributed by atoms with Crippen LogP contribution < -0.4 is 10.5 Å². The van der Waals surface area contributed by atoms with Crippen LogP contribution in [0.4, 0.5) is 0 Å². The lowest BCUT2D eigenvalue weighted by Gasteiger charge is -2.56. The first-order chi connectivity index (χ1) is 11.7. The van der Waals surface area contributed by atoms with Crippen molar-refractivity contribution in [2.24, 2.45) is 28.3 Å². The molecule has 0 aromatic heterocycles. The van der Waals surface area contributed by atoms with Gasteiger partial charge in [0.2, 0.25) is 10.0 Å². The highest BCUT2D eigenvalue weighted by Crippen LogP contribution is 2.59. The Balaban J connectivity index is 1.48. The van der Waals surface area contributed by atoms with E-state index in [0.29, 0.717) is 6.54 Å². The molecule has 4 saturated carbocycles. The fraction of sp³-hybridized carbons (Fsp3) is 0.611. The van der Waals surface area contributed by atoms with Gasteiger partial charge in [0.1, 0.15) is 4.90 Å². The molecule has 0 unspecified atom stereocenters. The summed E-state index contributed by atoms with van der Waals surface area (Å²) < 4.78 is 23.2. The maximum Gasteiger partial charge on any atom is 0.251 e. The van der Waals surface area contributed by atoms with Gasteiger partial charge in [0.05, 0.1) is 5.02 Å². The van der Waals surface area contributed by atoms with Crippen LogP contribution in [0.25, 0.3) is 0 Å². The number of carbonyl (C=O) groups is 1. The number of hydrogen-bond acceptors (Lipinski definition) is 3. The predicted molar refractivity (Wildman–Crippen MR) is 95.8 cm³/mol. The van der Waals surface area contributed by atoms with Crippen LogP contribution in [0.1, 0.15) is 48.9 Å². The van der Waals surface area contributed by atoms with Gasteiger partial charge < -0.3 is 5.32 Å². The Morgan fingerprint density at radius 1 is 1.16 bits per heavy atom. The van der Waals surface area contributed by atoms with Crippen molar-refractivity contribution in [2.45, 2.75) is 43.4 Å². The van der Waals surface area contributed by atoms with Crippen molar-refractivity contribution >= 4 is 27.5 Å². The summed E-state index contributed by atoms with van der Waals surface area (Å²) >= 11 is 5.88. The average molecular weight is 383 g/mol. The van der Waals surface area contributed by atoms with E-state index in [4.69, 9.17) is 16.7 Å². The zero-order valence-corrected chi connectivity index (χ0v) is 15.6. The second-order valence-electron chi connectivity index (χ2n) is 8.29. The van der Waals surface area contributed by atoms with Gasteiger partial charge in [0.25, 0.3) is 5.91 Å². The number of primary sulfonamides is 1. The molecule has 4 bridgehead atoms. The third-order valence-electron chi connectivity index (χ3n) is 6.29. The Morgan fingerprint density at radius 2 is 1.72 bits per heavy atom. The highest BCUT2D eigenvalue weighted by molar-refractivity contribution is 7.89. The summed E-state index contributed by atoms with van der Waals surface area (Å²) in [5.74, 6) is 2.21. The molecule has 5 nitrogen and oxygen atoms in total. The van der Waals surface area contributed by atoms with E-state index in [1.807, 2.05) is 0 Å². The molecule has 0 heterocycles. The molecular weight excluding hydrogens is 360 g/mol. The van der Waals surface area contributed by atoms with Gasteiger partial charge in [0, 0.05) is 12.1 Å². The maximum absolute atomic E-state index is 12.5. The van der Waals surface area contributed by atoms with Crippen LogP contribution in [-0.4, -0.2) is 20.9 Å². The average Bonchev–Trinajstić information content (AvgIpc) is 2.51. The smallest absolute Gasteiger partial charge is 0.251 e. The van der Waals surface area contributed by atoms with Crippen LogP contribution in [0.3, 0.4) is 0 Å². The van der Waals surface area contributed by atoms with Crippen molar-refractivity contribution in [3.63, 3.8) is 0 Å². The lowest BCUT2D eigenvalue weighted by Crippen LogP contribution is -2.51. The number of amides is 1. The number of halogens is 1. The number of carbonyl (C=O) groups excluding carboxylic acids is 1. The molecule has 3 N–H and O–H groups in total. The molecule has 4 fully saturated rings. The summed E-state index contributed by atoms with van der Waals surface area (Å²) in [6.45, 7) is 0.669. The summed E-state index contributed by atoms with van der Waals surface area (Å²) in [6.07, 6.45) is 7.72. The third kappa shape index (κ3) is 3.32. The van der Waals surface area contributed by atoms with Crippen LogP contribution >= 0.6 is 11.6 Å². The number of hydrogen-bond donors (Lipinski definition) is 2. The van der Waals surface area contributed by atoms with E-state index in [1.54, 1.807) is 0 Å². The molecule has 4 aliphatic rings. The van der Waals surface area contributed by atoms with Gasteiger partial charge in [-0.1, -0.05) is 11.6 Å². The summed E-state index contributed by atoms with van der Waals surface area (Å²) in [4.78, 5) is 12.3. The molecule has 136 valence electrons. The lowest BCUT2D eigenvalue weighted by molar-refractivity contribution is -0.0503. The molecule has 0 aliphatic heterocycles. The Bertz CT molecular complexity index is 786. The monoisotopic (exact) mass is 382 g/mol. The van der Waals surface area contributed by atoms with E-state index >= 15 is 0 Å². The van der Waals surface area contributed by atoms with Gasteiger partial charge in [-0.25, -0.2) is 13.6 Å². The maximum atomic E-state index is 12.5. The van der Waals surface area contributed by atoms with Crippen molar-refractivity contribution in [3.05, 3.63) is 28.8 Å². The highest BCUT2D eigenvalue weighted by Gasteiger charge is 2.50. The predicted octanol–water partition coefficient (Wildman–Crippen LogP) is 2.93. The van der Waals surface area contributed by atoms with Crippen LogP contribution in [0, 0.1) is 23.2 Å². The van der Waals surface area contributed by atoms with E-state index in [1.165, 1.54) is 56.7 Å². The molecule has 5 rings (SSSR count). The van der Waals surface area contributed by atoms with Gasteiger partial charge in [-0.3, -0.25) is 4.79 Å². The standard InChI is InChI=1S/C18H23ClN2O3S/c19-15-2-1-14(6-16(15)25(20,23)24)17(22)21-10-18-7-11-3-12(8-18)5-13(4-11)9-18/h1-2,6,11-13H,3-5,7-10H2,(H,21,22)(H2,20,23,24). The van der Waals surface area contributed by atoms with Crippen molar-refractivity contribution < 1.29 is 13.2 Å². The SMILES string of the molecule is NS(=O)(=O)c1cc(C(=O)NCC23CC4CC(CC(C4)C2)C3)ccc1Cl. The van der Waals surface area contributed by atoms with Gasteiger partial charge in [-0.15, -0.1) is 0 Å². The van der Waals surface area contributed by atoms with Crippen LogP contribution in [0.5, 0.6) is 0 Å². The first kappa shape index (κ1) is 17.3. The topological polar surface area (TPSA) is 89.3 Å². The molecule has 0 spiro atoms. The largest absolute Gasteiger partial charge is 0.351 e. The lowest BCUT2D eigenvalue weighted by atomic mass is 9.49. The van der Waals surface area contributed by atoms with Crippen molar-refractivity contribution in [1.29, 1.82) is 0 Å². The summed E-state index contributed by atoms with van der Waals surface area (Å²) in [5, 5.41) is 8.22. The van der Waals surface area contributed by atoms with E-state index in [-0.39, 0.29) is 26.8 Å². The van der Waals surface area contributed by atoms with Gasteiger partial charge >= 0.3 is 0 Å². The number of benzene rings is 1. The fourth-order valence-corrected chi connectivity index (χ4v) is 6.81. The van der Waals surface area contributed by atoms with Crippen molar-refractivity contribution in [1.82, 2.24) is 5.32 Å². The van der Waals surface area contributed by atoms with E-state index in [0.717, 1.165) is 17.8 Å². The molecule has 0 saturated heterocycles. The highest BCUT2D eigenvalue weighted by atomic mass is 35.5. The van der Waals surface area contributed by atoms with Crippen molar-refractivity contribution in [2.75, 3.05) is 6.54 Å². The minimum Gasteiger partial charge on any atom is -0.351 e. The van der Waals surface area contributed by atoms with E-state index < -0.39 is 10.0 Å². The molecule has 1 aromatic rings. The minimum atomic E-state index is -3.95. The molecule has 1 aromatic carbocycles. The third-order valence-corrected chi connectivity index (χ3v) is 7.68. The summed E-state index contributed by atoms with van der Waals surface area (Å²) in [6, 6.07) is 4.19. The molecule has 25 heavy (non-hydrogen) atoms. The van der Waals surface area contributed by atoms with Gasteiger partial charge in [-0.05, 0) is 79.9 Å². The second-order valence-corrected chi connectivity index (χ2v) is 10.2. The van der Waals surface area contributed by atoms with Crippen LogP contribution in [0.15, 0.2) is 23.1 Å². The normalized spacial score (nSPS) is 33.4. The Morgan fingerprint density at radius 3 is 2.24 bits per heavy atom. The summed E-state index contributed by atoms with van der Waals surface area (Å²) in [5.41, 5.74) is 0.512. The molecule has 0 radical (unpaired) electrons. The number of sulfonamides is 1. The summed E-state index contributed by atoms with van der Waals surface area (Å²) in [7, 11) is -3.95. The van der Waals surface area contributed by atoms with Gasteiger partial charge in [-0.2, -0.15) is 0 Å². The molecular formula is C18H23ClN2O3S. The van der Waals surface area contributed by atoms with Crippen molar-refractivity contribution in [3.8, 4) is 0 Å². The quantitative estimate of drug-likeness (QED) is 0.838. The number of nitrogens with two attached hydrogens (primary N) is 1. The molecule has 1 amide bonds. The van der Waals surface area contributed by atoms with E-state index in [9.17, 15) is 13.2 Å². The zero-order valence-electron chi connectivity index (χ0n) is 14.0. The first-order valence-corrected chi connectivity index (χ1v) is 10.8.